The van der Waals surface area contributed by atoms with Gasteiger partial charge in [0.25, 0.3) is 0 Å². The van der Waals surface area contributed by atoms with Crippen LogP contribution in [0.25, 0.3) is 0 Å². The predicted molar refractivity (Wildman–Crippen MR) is 44.2 cm³/mol. The van der Waals surface area contributed by atoms with Crippen molar-refractivity contribution in [3.63, 3.8) is 0 Å². The minimum atomic E-state index is -0.885. The van der Waals surface area contributed by atoms with Crippen LogP contribution in [0.1, 0.15) is 40.0 Å². The van der Waals surface area contributed by atoms with Crippen molar-refractivity contribution in [1.82, 2.24) is 0 Å². The highest BCUT2D eigenvalue weighted by molar-refractivity contribution is 4.75. The molecule has 1 aliphatic carbocycles. The Balaban J connectivity index is 0.000000461. The van der Waals surface area contributed by atoms with Crippen LogP contribution in [-0.2, 0) is 0 Å². The molecule has 0 N–H and O–H groups in total. The highest BCUT2D eigenvalue weighted by Crippen LogP contribution is 2.27. The first-order valence-corrected chi connectivity index (χ1v) is 4.46. The van der Waals surface area contributed by atoms with Crippen LogP contribution in [0.3, 0.4) is 0 Å². The molecular weight excluding hydrogens is 146 g/mol. The Hall–Kier alpha value is -0.140. The maximum absolute atomic E-state index is 12.4. The summed E-state index contributed by atoms with van der Waals surface area (Å²) in [6.45, 7) is 5.90. The van der Waals surface area contributed by atoms with Crippen molar-refractivity contribution >= 4 is 0 Å². The van der Waals surface area contributed by atoms with Crippen LogP contribution < -0.4 is 0 Å². The molecule has 2 atom stereocenters. The number of hydrogen-bond donors (Lipinski definition) is 0. The Morgan fingerprint density at radius 1 is 0.909 bits per heavy atom. The molecule has 0 spiro atoms. The van der Waals surface area contributed by atoms with E-state index in [0.29, 0.717) is 12.8 Å². The van der Waals surface area contributed by atoms with E-state index in [2.05, 4.69) is 0 Å². The Morgan fingerprint density at radius 3 is 1.55 bits per heavy atom. The van der Waals surface area contributed by atoms with Gasteiger partial charge in [-0.05, 0) is 18.8 Å². The summed E-state index contributed by atoms with van der Waals surface area (Å²) >= 11 is 0. The van der Waals surface area contributed by atoms with Crippen molar-refractivity contribution in [3.8, 4) is 0 Å². The van der Waals surface area contributed by atoms with Gasteiger partial charge < -0.3 is 0 Å². The number of halogens is 2. The molecule has 0 aromatic rings. The van der Waals surface area contributed by atoms with Gasteiger partial charge in [0.05, 0.1) is 0 Å². The molecule has 0 nitrogen and oxygen atoms in total. The fraction of sp³-hybridized carbons (Fsp3) is 1.00. The van der Waals surface area contributed by atoms with E-state index in [1.54, 1.807) is 0 Å². The van der Waals surface area contributed by atoms with Gasteiger partial charge in [-0.25, -0.2) is 8.78 Å². The molecule has 0 radical (unpaired) electrons. The van der Waals surface area contributed by atoms with E-state index in [0.717, 1.165) is 0 Å². The van der Waals surface area contributed by atoms with Crippen LogP contribution in [0.5, 0.6) is 0 Å². The molecule has 0 heterocycles. The van der Waals surface area contributed by atoms with Crippen LogP contribution in [0, 0.1) is 5.92 Å². The molecule has 0 aromatic heterocycles. The summed E-state index contributed by atoms with van der Waals surface area (Å²) in [4.78, 5) is 0. The molecule has 0 bridgehead atoms. The van der Waals surface area contributed by atoms with Gasteiger partial charge >= 0.3 is 0 Å². The summed E-state index contributed by atoms with van der Waals surface area (Å²) in [7, 11) is 0. The summed E-state index contributed by atoms with van der Waals surface area (Å²) in [5.41, 5.74) is 0. The maximum atomic E-state index is 12.4. The molecule has 1 aliphatic rings. The van der Waals surface area contributed by atoms with Crippen molar-refractivity contribution < 1.29 is 8.78 Å². The lowest BCUT2D eigenvalue weighted by Gasteiger charge is -2.23. The second-order valence-corrected chi connectivity index (χ2v) is 3.01. The van der Waals surface area contributed by atoms with E-state index in [1.807, 2.05) is 20.8 Å². The first-order chi connectivity index (χ1) is 5.18. The van der Waals surface area contributed by atoms with Gasteiger partial charge in [0.1, 0.15) is 12.3 Å². The molecule has 0 aromatic carbocycles. The summed E-state index contributed by atoms with van der Waals surface area (Å²) < 4.78 is 24.9. The van der Waals surface area contributed by atoms with Gasteiger partial charge in [0.15, 0.2) is 0 Å². The topological polar surface area (TPSA) is 0 Å². The lowest BCUT2D eigenvalue weighted by molar-refractivity contribution is 0.123. The largest absolute Gasteiger partial charge is 0.247 e. The minimum absolute atomic E-state index is 0.129. The monoisotopic (exact) mass is 164 g/mol. The molecule has 1 fully saturated rings. The standard InChI is InChI=1S/C7H12F2.C2H6/c1-5-2-6(8)4-7(9)3-5;1-2/h5-7H,2-4H2,1H3;1-2H3. The number of rotatable bonds is 0. The average Bonchev–Trinajstić information content (AvgIpc) is 1.88. The van der Waals surface area contributed by atoms with E-state index in [-0.39, 0.29) is 12.3 Å². The molecule has 2 unspecified atom stereocenters. The van der Waals surface area contributed by atoms with Gasteiger partial charge in [-0.2, -0.15) is 0 Å². The van der Waals surface area contributed by atoms with E-state index in [1.165, 1.54) is 0 Å². The van der Waals surface area contributed by atoms with E-state index < -0.39 is 12.3 Å². The van der Waals surface area contributed by atoms with Crippen molar-refractivity contribution in [1.29, 1.82) is 0 Å². The van der Waals surface area contributed by atoms with Crippen molar-refractivity contribution in [2.24, 2.45) is 5.92 Å². The van der Waals surface area contributed by atoms with Crippen LogP contribution in [-0.4, -0.2) is 12.3 Å². The van der Waals surface area contributed by atoms with Gasteiger partial charge in [0, 0.05) is 6.42 Å². The van der Waals surface area contributed by atoms with Crippen molar-refractivity contribution in [2.45, 2.75) is 52.4 Å². The lowest BCUT2D eigenvalue weighted by atomic mass is 9.88. The Morgan fingerprint density at radius 2 is 1.27 bits per heavy atom. The van der Waals surface area contributed by atoms with Gasteiger partial charge in [0.2, 0.25) is 0 Å². The Labute approximate surface area is 68.0 Å². The molecule has 1 saturated carbocycles. The van der Waals surface area contributed by atoms with Gasteiger partial charge in [-0.1, -0.05) is 20.8 Å². The molecule has 11 heavy (non-hydrogen) atoms. The number of hydrogen-bond acceptors (Lipinski definition) is 0. The second-order valence-electron chi connectivity index (χ2n) is 3.01. The van der Waals surface area contributed by atoms with Crippen molar-refractivity contribution in [2.75, 3.05) is 0 Å². The quantitative estimate of drug-likeness (QED) is 0.514. The molecule has 0 saturated heterocycles. The first kappa shape index (κ1) is 10.9. The molecule has 1 rings (SSSR count). The Bertz CT molecular complexity index is 68.5. The maximum Gasteiger partial charge on any atom is 0.103 e. The third-order valence-corrected chi connectivity index (χ3v) is 1.83. The fourth-order valence-electron chi connectivity index (χ4n) is 1.44. The third-order valence-electron chi connectivity index (χ3n) is 1.83. The van der Waals surface area contributed by atoms with E-state index >= 15 is 0 Å². The molecule has 68 valence electrons. The van der Waals surface area contributed by atoms with Gasteiger partial charge in [-0.15, -0.1) is 0 Å². The van der Waals surface area contributed by atoms with Crippen LogP contribution in [0.4, 0.5) is 8.78 Å². The normalized spacial score (nSPS) is 37.4. The zero-order chi connectivity index (χ0) is 8.85. The lowest BCUT2D eigenvalue weighted by Crippen LogP contribution is -2.22. The number of alkyl halides is 2. The van der Waals surface area contributed by atoms with Crippen LogP contribution in [0.2, 0.25) is 0 Å². The average molecular weight is 164 g/mol. The summed E-state index contributed by atoms with van der Waals surface area (Å²) in [6.07, 6.45) is -0.530. The molecule has 2 heteroatoms. The van der Waals surface area contributed by atoms with Crippen LogP contribution in [0.15, 0.2) is 0 Å². The summed E-state index contributed by atoms with van der Waals surface area (Å²) in [5, 5.41) is 0. The van der Waals surface area contributed by atoms with Crippen molar-refractivity contribution in [3.05, 3.63) is 0 Å². The zero-order valence-electron chi connectivity index (χ0n) is 7.61. The minimum Gasteiger partial charge on any atom is -0.247 e. The highest BCUT2D eigenvalue weighted by Gasteiger charge is 2.25. The second kappa shape index (κ2) is 5.50. The molecule has 0 amide bonds. The predicted octanol–water partition coefficient (Wildman–Crippen LogP) is 3.51. The first-order valence-electron chi connectivity index (χ1n) is 4.46. The van der Waals surface area contributed by atoms with Crippen LogP contribution >= 0.6 is 0 Å². The smallest absolute Gasteiger partial charge is 0.103 e. The molecule has 0 aliphatic heterocycles. The molecular formula is C9H18F2. The van der Waals surface area contributed by atoms with E-state index in [4.69, 9.17) is 0 Å². The highest BCUT2D eigenvalue weighted by atomic mass is 19.1. The SMILES string of the molecule is CC.CC1CC(F)CC(F)C1. The van der Waals surface area contributed by atoms with Gasteiger partial charge in [-0.3, -0.25) is 0 Å². The third kappa shape index (κ3) is 4.33. The van der Waals surface area contributed by atoms with E-state index in [9.17, 15) is 8.78 Å². The Kier molecular flexibility index (Phi) is 5.43. The summed E-state index contributed by atoms with van der Waals surface area (Å²) in [5.74, 6) is 0.240. The zero-order valence-corrected chi connectivity index (χ0v) is 7.61. The summed E-state index contributed by atoms with van der Waals surface area (Å²) in [6, 6.07) is 0. The fourth-order valence-corrected chi connectivity index (χ4v) is 1.44.